The van der Waals surface area contributed by atoms with E-state index in [1.807, 2.05) is 13.0 Å². The van der Waals surface area contributed by atoms with Gasteiger partial charge in [0.05, 0.1) is 4.92 Å². The van der Waals surface area contributed by atoms with E-state index in [1.54, 1.807) is 29.1 Å². The highest BCUT2D eigenvalue weighted by molar-refractivity contribution is 5.62. The molecule has 0 N–H and O–H groups in total. The average molecular weight is 242 g/mol. The number of hydrogen-bond donors (Lipinski definition) is 0. The molecule has 0 aliphatic heterocycles. The smallest absolute Gasteiger partial charge is 0.298 e. The van der Waals surface area contributed by atoms with E-state index in [9.17, 15) is 10.1 Å². The van der Waals surface area contributed by atoms with Crippen LogP contribution in [0.4, 0.5) is 5.69 Å². The molecule has 0 saturated heterocycles. The zero-order valence-corrected chi connectivity index (χ0v) is 9.70. The zero-order valence-electron chi connectivity index (χ0n) is 9.70. The predicted octanol–water partition coefficient (Wildman–Crippen LogP) is 2.21. The van der Waals surface area contributed by atoms with Gasteiger partial charge < -0.3 is 0 Å². The van der Waals surface area contributed by atoms with Crippen LogP contribution in [-0.4, -0.2) is 14.5 Å². The first-order chi connectivity index (χ1) is 8.69. The Kier molecular flexibility index (Phi) is 3.06. The molecule has 0 radical (unpaired) electrons. The summed E-state index contributed by atoms with van der Waals surface area (Å²) in [7, 11) is 0. The summed E-state index contributed by atoms with van der Waals surface area (Å²) in [4.78, 5) is 14.7. The van der Waals surface area contributed by atoms with E-state index in [2.05, 4.69) is 4.98 Å². The van der Waals surface area contributed by atoms with Gasteiger partial charge in [-0.15, -0.1) is 0 Å². The Hall–Kier alpha value is -2.68. The summed E-state index contributed by atoms with van der Waals surface area (Å²) in [6.45, 7) is 1.92. The number of imidazole rings is 1. The van der Waals surface area contributed by atoms with Crippen LogP contribution in [-0.2, 0) is 6.42 Å². The van der Waals surface area contributed by atoms with Crippen molar-refractivity contribution in [2.45, 2.75) is 13.3 Å². The van der Waals surface area contributed by atoms with Crippen LogP contribution in [0, 0.1) is 21.4 Å². The molecule has 2 aromatic rings. The molecule has 0 saturated carbocycles. The normalized spacial score (nSPS) is 10.0. The predicted molar refractivity (Wildman–Crippen MR) is 64.3 cm³/mol. The summed E-state index contributed by atoms with van der Waals surface area (Å²) in [6, 6.07) is 6.51. The molecule has 90 valence electrons. The number of nitriles is 1. The SMILES string of the molecule is CCc1nccn1-c1cccc(C#N)c1[N+](=O)[O-]. The van der Waals surface area contributed by atoms with Gasteiger partial charge in [-0.2, -0.15) is 5.26 Å². The van der Waals surface area contributed by atoms with Crippen LogP contribution >= 0.6 is 0 Å². The van der Waals surface area contributed by atoms with Crippen molar-refractivity contribution in [2.24, 2.45) is 0 Å². The summed E-state index contributed by atoms with van der Waals surface area (Å²) < 4.78 is 1.64. The molecule has 0 fully saturated rings. The first kappa shape index (κ1) is 11.8. The molecule has 1 aromatic heterocycles. The van der Waals surface area contributed by atoms with Gasteiger partial charge in [-0.05, 0) is 12.1 Å². The molecule has 6 nitrogen and oxygen atoms in total. The molecule has 1 heterocycles. The van der Waals surface area contributed by atoms with E-state index >= 15 is 0 Å². The van der Waals surface area contributed by atoms with Crippen LogP contribution in [0.25, 0.3) is 5.69 Å². The van der Waals surface area contributed by atoms with Gasteiger partial charge in [0.15, 0.2) is 0 Å². The fraction of sp³-hybridized carbons (Fsp3) is 0.167. The van der Waals surface area contributed by atoms with E-state index in [0.717, 1.165) is 0 Å². The van der Waals surface area contributed by atoms with E-state index in [0.29, 0.717) is 17.9 Å². The monoisotopic (exact) mass is 242 g/mol. The van der Waals surface area contributed by atoms with Gasteiger partial charge in [-0.3, -0.25) is 14.7 Å². The van der Waals surface area contributed by atoms with Crippen molar-refractivity contribution in [2.75, 3.05) is 0 Å². The molecular formula is C12H10N4O2. The Morgan fingerprint density at radius 1 is 1.56 bits per heavy atom. The van der Waals surface area contributed by atoms with Crippen LogP contribution < -0.4 is 0 Å². The van der Waals surface area contributed by atoms with Crippen molar-refractivity contribution >= 4 is 5.69 Å². The van der Waals surface area contributed by atoms with E-state index in [-0.39, 0.29) is 11.3 Å². The second-order valence-corrected chi connectivity index (χ2v) is 3.61. The lowest BCUT2D eigenvalue weighted by Gasteiger charge is -2.07. The lowest BCUT2D eigenvalue weighted by atomic mass is 10.1. The maximum Gasteiger partial charge on any atom is 0.310 e. The molecule has 0 amide bonds. The van der Waals surface area contributed by atoms with Gasteiger partial charge in [-0.25, -0.2) is 4.98 Å². The summed E-state index contributed by atoms with van der Waals surface area (Å²) in [5.74, 6) is 0.716. The van der Waals surface area contributed by atoms with E-state index < -0.39 is 4.92 Å². The molecular weight excluding hydrogens is 232 g/mol. The van der Waals surface area contributed by atoms with Gasteiger partial charge in [0.25, 0.3) is 0 Å². The average Bonchev–Trinajstić information content (AvgIpc) is 2.85. The van der Waals surface area contributed by atoms with Crippen molar-refractivity contribution in [3.05, 3.63) is 52.1 Å². The Labute approximate surface area is 103 Å². The number of rotatable bonds is 3. The summed E-state index contributed by atoms with van der Waals surface area (Å²) >= 11 is 0. The number of nitro groups is 1. The minimum Gasteiger partial charge on any atom is -0.298 e. The first-order valence-electron chi connectivity index (χ1n) is 5.39. The third-order valence-corrected chi connectivity index (χ3v) is 2.61. The van der Waals surface area contributed by atoms with E-state index in [4.69, 9.17) is 5.26 Å². The van der Waals surface area contributed by atoms with Crippen LogP contribution in [0.15, 0.2) is 30.6 Å². The van der Waals surface area contributed by atoms with Gasteiger partial charge in [0, 0.05) is 18.8 Å². The highest BCUT2D eigenvalue weighted by Gasteiger charge is 2.21. The molecule has 1 aromatic carbocycles. The molecule has 2 rings (SSSR count). The van der Waals surface area contributed by atoms with Gasteiger partial charge in [-0.1, -0.05) is 13.0 Å². The third kappa shape index (κ3) is 1.82. The molecule has 0 spiro atoms. The summed E-state index contributed by atoms with van der Waals surface area (Å²) in [5.41, 5.74) is 0.231. The van der Waals surface area contributed by atoms with Gasteiger partial charge >= 0.3 is 5.69 Å². The molecule has 0 bridgehead atoms. The Balaban J connectivity index is 2.73. The number of nitro benzene ring substituents is 1. The minimum absolute atomic E-state index is 0.0493. The maximum atomic E-state index is 11.1. The maximum absolute atomic E-state index is 11.1. The quantitative estimate of drug-likeness (QED) is 0.610. The highest BCUT2D eigenvalue weighted by atomic mass is 16.6. The standard InChI is InChI=1S/C12H10N4O2/c1-2-11-14-6-7-15(11)10-5-3-4-9(8-13)12(10)16(17)18/h3-7H,2H2,1H3. The highest BCUT2D eigenvalue weighted by Crippen LogP contribution is 2.27. The van der Waals surface area contributed by atoms with Crippen molar-refractivity contribution in [3.8, 4) is 11.8 Å². The molecule has 0 aliphatic carbocycles. The Morgan fingerprint density at radius 3 is 2.94 bits per heavy atom. The molecule has 18 heavy (non-hydrogen) atoms. The van der Waals surface area contributed by atoms with Gasteiger partial charge in [0.2, 0.25) is 0 Å². The second-order valence-electron chi connectivity index (χ2n) is 3.61. The van der Waals surface area contributed by atoms with Crippen LogP contribution in [0.1, 0.15) is 18.3 Å². The lowest BCUT2D eigenvalue weighted by molar-refractivity contribution is -0.384. The van der Waals surface area contributed by atoms with Crippen LogP contribution in [0.5, 0.6) is 0 Å². The topological polar surface area (TPSA) is 84.8 Å². The fourth-order valence-electron chi connectivity index (χ4n) is 1.82. The number of nitrogens with zero attached hydrogens (tertiary/aromatic N) is 4. The first-order valence-corrected chi connectivity index (χ1v) is 5.39. The molecule has 6 heteroatoms. The molecule has 0 aliphatic rings. The third-order valence-electron chi connectivity index (χ3n) is 2.61. The summed E-state index contributed by atoms with van der Waals surface area (Å²) in [5, 5.41) is 20.1. The van der Waals surface area contributed by atoms with Gasteiger partial charge in [0.1, 0.15) is 23.1 Å². The van der Waals surface area contributed by atoms with Crippen molar-refractivity contribution in [3.63, 3.8) is 0 Å². The van der Waals surface area contributed by atoms with Crippen molar-refractivity contribution in [1.29, 1.82) is 5.26 Å². The lowest BCUT2D eigenvalue weighted by Crippen LogP contribution is -2.04. The number of para-hydroxylation sites is 1. The Bertz CT molecular complexity index is 640. The molecule has 0 unspecified atom stereocenters. The van der Waals surface area contributed by atoms with Crippen molar-refractivity contribution < 1.29 is 4.92 Å². The number of benzene rings is 1. The summed E-state index contributed by atoms with van der Waals surface area (Å²) in [6.07, 6.45) is 3.89. The van der Waals surface area contributed by atoms with Crippen LogP contribution in [0.3, 0.4) is 0 Å². The Morgan fingerprint density at radius 2 is 2.33 bits per heavy atom. The van der Waals surface area contributed by atoms with Crippen molar-refractivity contribution in [1.82, 2.24) is 9.55 Å². The zero-order chi connectivity index (χ0) is 13.1. The fourth-order valence-corrected chi connectivity index (χ4v) is 1.82. The minimum atomic E-state index is -0.534. The largest absolute Gasteiger partial charge is 0.310 e. The molecule has 0 atom stereocenters. The van der Waals surface area contributed by atoms with E-state index in [1.165, 1.54) is 6.07 Å². The second kappa shape index (κ2) is 4.67. The van der Waals surface area contributed by atoms with Crippen LogP contribution in [0.2, 0.25) is 0 Å². The number of aryl methyl sites for hydroxylation is 1. The number of hydrogen-bond acceptors (Lipinski definition) is 4. The number of aromatic nitrogens is 2.